The van der Waals surface area contributed by atoms with Gasteiger partial charge in [-0.15, -0.1) is 0 Å². The fourth-order valence-electron chi connectivity index (χ4n) is 4.25. The van der Waals surface area contributed by atoms with Gasteiger partial charge in [0.1, 0.15) is 17.3 Å². The third-order valence-electron chi connectivity index (χ3n) is 5.95. The lowest BCUT2D eigenvalue weighted by Gasteiger charge is -2.26. The van der Waals surface area contributed by atoms with Crippen LogP contribution in [0.3, 0.4) is 0 Å². The monoisotopic (exact) mass is 502 g/mol. The van der Waals surface area contributed by atoms with Crippen molar-refractivity contribution >= 4 is 23.1 Å². The van der Waals surface area contributed by atoms with E-state index >= 15 is 0 Å². The standard InChI is InChI=1S/C28H26N2O7/c1-17(2)37-22-13-9-19(10-14-22)25-24(26(31)20-7-11-21(12-8-20)30(34)35)27(32)28(33)29(25)16-18-5-4-6-23(15-18)36-3/h4-15,17,25,31H,16H2,1-3H3/b26-24-. The minimum atomic E-state index is -0.894. The van der Waals surface area contributed by atoms with E-state index < -0.39 is 28.4 Å². The number of aliphatic hydroxyl groups excluding tert-OH is 1. The maximum Gasteiger partial charge on any atom is 0.295 e. The van der Waals surface area contributed by atoms with Crippen LogP contribution in [0.2, 0.25) is 0 Å². The summed E-state index contributed by atoms with van der Waals surface area (Å²) in [4.78, 5) is 38.4. The molecule has 1 saturated heterocycles. The number of benzene rings is 3. The van der Waals surface area contributed by atoms with Gasteiger partial charge in [0, 0.05) is 24.2 Å². The summed E-state index contributed by atoms with van der Waals surface area (Å²) in [5.41, 5.74) is 1.27. The van der Waals surface area contributed by atoms with E-state index in [1.165, 1.54) is 36.3 Å². The zero-order valence-electron chi connectivity index (χ0n) is 20.6. The molecule has 1 fully saturated rings. The highest BCUT2D eigenvalue weighted by Crippen LogP contribution is 2.41. The number of aliphatic hydroxyl groups is 1. The first-order valence-electron chi connectivity index (χ1n) is 11.6. The molecule has 9 nitrogen and oxygen atoms in total. The van der Waals surface area contributed by atoms with Crippen LogP contribution in [0.4, 0.5) is 5.69 Å². The SMILES string of the molecule is COc1cccc(CN2C(=O)C(=O)/C(=C(\O)c3ccc([N+](=O)[O-])cc3)C2c2ccc(OC(C)C)cc2)c1. The van der Waals surface area contributed by atoms with Gasteiger partial charge in [0.2, 0.25) is 0 Å². The molecule has 0 radical (unpaired) electrons. The molecule has 4 rings (SSSR count). The minimum absolute atomic E-state index is 0.0355. The number of nitro benzene ring substituents is 1. The fourth-order valence-corrected chi connectivity index (χ4v) is 4.25. The van der Waals surface area contributed by atoms with Gasteiger partial charge in [-0.2, -0.15) is 0 Å². The van der Waals surface area contributed by atoms with Crippen molar-refractivity contribution in [1.82, 2.24) is 4.90 Å². The molecule has 1 unspecified atom stereocenters. The van der Waals surface area contributed by atoms with Gasteiger partial charge < -0.3 is 19.5 Å². The lowest BCUT2D eigenvalue weighted by atomic mass is 9.95. The van der Waals surface area contributed by atoms with Gasteiger partial charge in [-0.05, 0) is 61.4 Å². The molecule has 1 aliphatic rings. The number of Topliss-reactive ketones (excluding diaryl/α,β-unsaturated/α-hetero) is 1. The number of likely N-dealkylation sites (tertiary alicyclic amines) is 1. The Morgan fingerprint density at radius 2 is 1.70 bits per heavy atom. The number of hydrogen-bond donors (Lipinski definition) is 1. The van der Waals surface area contributed by atoms with Gasteiger partial charge in [-0.25, -0.2) is 0 Å². The highest BCUT2D eigenvalue weighted by atomic mass is 16.6. The highest BCUT2D eigenvalue weighted by Gasteiger charge is 2.46. The van der Waals surface area contributed by atoms with Crippen molar-refractivity contribution in [2.24, 2.45) is 0 Å². The molecule has 0 aliphatic carbocycles. The molecule has 1 heterocycles. The second-order valence-corrected chi connectivity index (χ2v) is 8.82. The van der Waals surface area contributed by atoms with Crippen molar-refractivity contribution < 1.29 is 29.1 Å². The Labute approximate surface area is 213 Å². The van der Waals surface area contributed by atoms with Crippen molar-refractivity contribution in [1.29, 1.82) is 0 Å². The van der Waals surface area contributed by atoms with E-state index in [0.29, 0.717) is 17.1 Å². The molecule has 3 aromatic carbocycles. The molecule has 0 bridgehead atoms. The van der Waals surface area contributed by atoms with Crippen molar-refractivity contribution in [3.8, 4) is 11.5 Å². The molecule has 37 heavy (non-hydrogen) atoms. The van der Waals surface area contributed by atoms with E-state index in [1.54, 1.807) is 42.5 Å². The second kappa shape index (κ2) is 10.5. The van der Waals surface area contributed by atoms with Crippen molar-refractivity contribution in [3.05, 3.63) is 105 Å². The molecule has 1 aliphatic heterocycles. The zero-order chi connectivity index (χ0) is 26.7. The summed E-state index contributed by atoms with van der Waals surface area (Å²) in [5, 5.41) is 22.2. The Morgan fingerprint density at radius 1 is 1.03 bits per heavy atom. The summed E-state index contributed by atoms with van der Waals surface area (Å²) in [6.45, 7) is 3.90. The first-order chi connectivity index (χ1) is 17.7. The topological polar surface area (TPSA) is 119 Å². The van der Waals surface area contributed by atoms with Crippen LogP contribution >= 0.6 is 0 Å². The van der Waals surface area contributed by atoms with E-state index in [0.717, 1.165) is 5.56 Å². The lowest BCUT2D eigenvalue weighted by Crippen LogP contribution is -2.29. The van der Waals surface area contributed by atoms with E-state index in [1.807, 2.05) is 19.9 Å². The molecule has 3 aromatic rings. The van der Waals surface area contributed by atoms with Gasteiger partial charge >= 0.3 is 0 Å². The van der Waals surface area contributed by atoms with Gasteiger partial charge in [0.05, 0.1) is 29.8 Å². The van der Waals surface area contributed by atoms with Gasteiger partial charge in [0.15, 0.2) is 0 Å². The van der Waals surface area contributed by atoms with E-state index in [9.17, 15) is 24.8 Å². The van der Waals surface area contributed by atoms with Crippen LogP contribution in [0.5, 0.6) is 11.5 Å². The molecule has 1 N–H and O–H groups in total. The first kappa shape index (κ1) is 25.4. The molecule has 0 spiro atoms. The molecule has 9 heteroatoms. The van der Waals surface area contributed by atoms with Crippen LogP contribution in [-0.2, 0) is 16.1 Å². The Kier molecular flexibility index (Phi) is 7.24. The normalized spacial score (nSPS) is 16.8. The largest absolute Gasteiger partial charge is 0.507 e. The number of amides is 1. The average Bonchev–Trinajstić information content (AvgIpc) is 3.13. The number of nitrogens with zero attached hydrogens (tertiary/aromatic N) is 2. The average molecular weight is 503 g/mol. The van der Waals surface area contributed by atoms with E-state index in [-0.39, 0.29) is 29.5 Å². The first-order valence-corrected chi connectivity index (χ1v) is 11.6. The maximum atomic E-state index is 13.2. The third-order valence-corrected chi connectivity index (χ3v) is 5.95. The Balaban J connectivity index is 1.81. The number of ketones is 1. The van der Waals surface area contributed by atoms with Crippen molar-refractivity contribution in [2.75, 3.05) is 7.11 Å². The lowest BCUT2D eigenvalue weighted by molar-refractivity contribution is -0.384. The molecular weight excluding hydrogens is 476 g/mol. The number of methoxy groups -OCH3 is 1. The second-order valence-electron chi connectivity index (χ2n) is 8.82. The summed E-state index contributed by atoms with van der Waals surface area (Å²) in [6, 6.07) is 18.4. The summed E-state index contributed by atoms with van der Waals surface area (Å²) in [6.07, 6.45) is -0.0355. The van der Waals surface area contributed by atoms with Crippen LogP contribution in [0.25, 0.3) is 5.76 Å². The van der Waals surface area contributed by atoms with Gasteiger partial charge in [-0.3, -0.25) is 19.7 Å². The smallest absolute Gasteiger partial charge is 0.295 e. The predicted octanol–water partition coefficient (Wildman–Crippen LogP) is 5.01. The van der Waals surface area contributed by atoms with Crippen LogP contribution in [0.15, 0.2) is 78.4 Å². The molecular formula is C28H26N2O7. The molecule has 0 aromatic heterocycles. The Morgan fingerprint density at radius 3 is 2.30 bits per heavy atom. The minimum Gasteiger partial charge on any atom is -0.507 e. The number of ether oxygens (including phenoxy) is 2. The third kappa shape index (κ3) is 5.30. The van der Waals surface area contributed by atoms with Crippen LogP contribution in [-0.4, -0.2) is 39.8 Å². The number of carbonyl (C=O) groups excluding carboxylic acids is 2. The molecule has 190 valence electrons. The zero-order valence-corrected chi connectivity index (χ0v) is 20.6. The van der Waals surface area contributed by atoms with Gasteiger partial charge in [-0.1, -0.05) is 24.3 Å². The molecule has 1 atom stereocenters. The summed E-state index contributed by atoms with van der Waals surface area (Å²) in [7, 11) is 1.54. The number of non-ortho nitro benzene ring substituents is 1. The van der Waals surface area contributed by atoms with Gasteiger partial charge in [0.25, 0.3) is 17.4 Å². The van der Waals surface area contributed by atoms with Crippen molar-refractivity contribution in [2.45, 2.75) is 32.5 Å². The summed E-state index contributed by atoms with van der Waals surface area (Å²) >= 11 is 0. The maximum absolute atomic E-state index is 13.2. The Hall–Kier alpha value is -4.66. The molecule has 0 saturated carbocycles. The number of nitro groups is 1. The number of rotatable bonds is 8. The van der Waals surface area contributed by atoms with Crippen LogP contribution in [0, 0.1) is 10.1 Å². The van der Waals surface area contributed by atoms with Crippen molar-refractivity contribution in [3.63, 3.8) is 0 Å². The Bertz CT molecular complexity index is 1360. The summed E-state index contributed by atoms with van der Waals surface area (Å²) < 4.78 is 11.0. The van der Waals surface area contributed by atoms with Crippen LogP contribution < -0.4 is 9.47 Å². The van der Waals surface area contributed by atoms with E-state index in [4.69, 9.17) is 9.47 Å². The van der Waals surface area contributed by atoms with E-state index in [2.05, 4.69) is 0 Å². The van der Waals surface area contributed by atoms with Crippen LogP contribution in [0.1, 0.15) is 36.6 Å². The quantitative estimate of drug-likeness (QED) is 0.151. The highest BCUT2D eigenvalue weighted by molar-refractivity contribution is 6.46. The molecule has 1 amide bonds. The number of hydrogen-bond acceptors (Lipinski definition) is 7. The fraction of sp³-hybridized carbons (Fsp3) is 0.214. The predicted molar refractivity (Wildman–Crippen MR) is 136 cm³/mol. The summed E-state index contributed by atoms with van der Waals surface area (Å²) in [5.74, 6) is -0.787. The number of carbonyl (C=O) groups is 2.